The largest absolute Gasteiger partial charge is 0.463 e. The maximum Gasteiger partial charge on any atom is 0.338 e. The molecule has 1 aromatic carbocycles. The molecule has 2 rings (SSSR count). The molecule has 128 valence electrons. The molecule has 0 saturated carbocycles. The van der Waals surface area contributed by atoms with Gasteiger partial charge in [0, 0.05) is 17.9 Å². The monoisotopic (exact) mass is 347 g/mol. The molecular weight excluding hydrogens is 326 g/mol. The standard InChI is InChI=1S/C17H21N3O3S/c1-3-23-16(22)14-11(2)19-17(24-10-9-13(18)21)20-15(14)12-7-5-4-6-8-12/h4-8,15H,3,9-10H2,1-2H3,(H2,18,21)(H,19,20). The Kier molecular flexibility index (Phi) is 6.43. The molecule has 0 radical (unpaired) electrons. The Labute approximate surface area is 145 Å². The number of hydrogen-bond donors (Lipinski definition) is 2. The maximum absolute atomic E-state index is 12.3. The van der Waals surface area contributed by atoms with Crippen LogP contribution < -0.4 is 11.1 Å². The Morgan fingerprint density at radius 1 is 1.33 bits per heavy atom. The van der Waals surface area contributed by atoms with Gasteiger partial charge >= 0.3 is 5.97 Å². The van der Waals surface area contributed by atoms with Crippen molar-refractivity contribution in [2.75, 3.05) is 12.4 Å². The summed E-state index contributed by atoms with van der Waals surface area (Å²) < 4.78 is 5.18. The molecule has 7 heteroatoms. The Hall–Kier alpha value is -2.28. The summed E-state index contributed by atoms with van der Waals surface area (Å²) in [6.45, 7) is 3.91. The van der Waals surface area contributed by atoms with Crippen LogP contribution >= 0.6 is 11.8 Å². The lowest BCUT2D eigenvalue weighted by atomic mass is 9.97. The number of aliphatic imine (C=N–C) groups is 1. The topological polar surface area (TPSA) is 93.8 Å². The van der Waals surface area contributed by atoms with E-state index in [2.05, 4.69) is 10.3 Å². The summed E-state index contributed by atoms with van der Waals surface area (Å²) in [5, 5.41) is 3.78. The van der Waals surface area contributed by atoms with Gasteiger partial charge in [0.05, 0.1) is 12.2 Å². The molecule has 0 aromatic heterocycles. The number of carbonyl (C=O) groups excluding carboxylic acids is 2. The number of amidine groups is 1. The molecule has 1 heterocycles. The smallest absolute Gasteiger partial charge is 0.338 e. The molecule has 1 aliphatic rings. The Morgan fingerprint density at radius 3 is 2.67 bits per heavy atom. The van der Waals surface area contributed by atoms with Gasteiger partial charge in [-0.3, -0.25) is 4.79 Å². The van der Waals surface area contributed by atoms with Crippen LogP contribution in [0.25, 0.3) is 0 Å². The van der Waals surface area contributed by atoms with Crippen LogP contribution in [0.15, 0.2) is 46.6 Å². The van der Waals surface area contributed by atoms with E-state index < -0.39 is 6.04 Å². The summed E-state index contributed by atoms with van der Waals surface area (Å²) in [6.07, 6.45) is 0.273. The third kappa shape index (κ3) is 4.61. The first-order valence-electron chi connectivity index (χ1n) is 7.71. The van der Waals surface area contributed by atoms with Crippen LogP contribution in [0.4, 0.5) is 0 Å². The van der Waals surface area contributed by atoms with Crippen LogP contribution in [0, 0.1) is 0 Å². The molecule has 1 unspecified atom stereocenters. The van der Waals surface area contributed by atoms with Crippen molar-refractivity contribution in [1.29, 1.82) is 0 Å². The molecule has 1 atom stereocenters. The summed E-state index contributed by atoms with van der Waals surface area (Å²) in [5.41, 5.74) is 7.29. The zero-order chi connectivity index (χ0) is 17.5. The summed E-state index contributed by atoms with van der Waals surface area (Å²) in [6, 6.07) is 9.16. The molecule has 24 heavy (non-hydrogen) atoms. The van der Waals surface area contributed by atoms with Gasteiger partial charge in [0.15, 0.2) is 5.17 Å². The van der Waals surface area contributed by atoms with Crippen molar-refractivity contribution in [3.8, 4) is 0 Å². The minimum atomic E-state index is -0.428. The first-order chi connectivity index (χ1) is 11.5. The SMILES string of the molecule is CCOC(=O)C1=C(C)NC(SCCC(N)=O)=NC1c1ccccc1. The van der Waals surface area contributed by atoms with E-state index in [1.165, 1.54) is 11.8 Å². The molecular formula is C17H21N3O3S. The van der Waals surface area contributed by atoms with Gasteiger partial charge in [-0.05, 0) is 19.4 Å². The summed E-state index contributed by atoms with van der Waals surface area (Å²) in [4.78, 5) is 27.9. The fourth-order valence-corrected chi connectivity index (χ4v) is 3.22. The predicted octanol–water partition coefficient (Wildman–Crippen LogP) is 2.13. The van der Waals surface area contributed by atoms with Crippen LogP contribution in [-0.4, -0.2) is 29.4 Å². The van der Waals surface area contributed by atoms with Gasteiger partial charge in [0.25, 0.3) is 0 Å². The number of amides is 1. The van der Waals surface area contributed by atoms with E-state index in [1.54, 1.807) is 6.92 Å². The van der Waals surface area contributed by atoms with Crippen molar-refractivity contribution in [3.05, 3.63) is 47.2 Å². The first-order valence-corrected chi connectivity index (χ1v) is 8.70. The molecule has 0 saturated heterocycles. The van der Waals surface area contributed by atoms with Crippen molar-refractivity contribution in [2.24, 2.45) is 10.7 Å². The third-order valence-electron chi connectivity index (χ3n) is 3.42. The molecule has 0 spiro atoms. The fraction of sp³-hybridized carbons (Fsp3) is 0.353. The highest BCUT2D eigenvalue weighted by Gasteiger charge is 2.30. The van der Waals surface area contributed by atoms with Crippen LogP contribution in [0.2, 0.25) is 0 Å². The van der Waals surface area contributed by atoms with Crippen molar-refractivity contribution in [1.82, 2.24) is 5.32 Å². The zero-order valence-corrected chi connectivity index (χ0v) is 14.6. The normalized spacial score (nSPS) is 17.1. The van der Waals surface area contributed by atoms with E-state index in [0.717, 1.165) is 5.56 Å². The number of primary amides is 1. The number of carbonyl (C=O) groups is 2. The lowest BCUT2D eigenvalue weighted by molar-refractivity contribution is -0.139. The second kappa shape index (κ2) is 8.54. The number of nitrogens with one attached hydrogen (secondary N) is 1. The van der Waals surface area contributed by atoms with Gasteiger partial charge in [-0.15, -0.1) is 0 Å². The van der Waals surface area contributed by atoms with E-state index in [-0.39, 0.29) is 18.3 Å². The minimum Gasteiger partial charge on any atom is -0.463 e. The summed E-state index contributed by atoms with van der Waals surface area (Å²) in [7, 11) is 0. The Morgan fingerprint density at radius 2 is 2.04 bits per heavy atom. The van der Waals surface area contributed by atoms with E-state index in [4.69, 9.17) is 10.5 Å². The van der Waals surface area contributed by atoms with E-state index in [1.807, 2.05) is 37.3 Å². The predicted molar refractivity (Wildman–Crippen MR) is 95.4 cm³/mol. The van der Waals surface area contributed by atoms with Crippen molar-refractivity contribution >= 4 is 28.8 Å². The summed E-state index contributed by atoms with van der Waals surface area (Å²) in [5.74, 6) is -0.190. The number of allylic oxidation sites excluding steroid dienone is 1. The molecule has 1 amide bonds. The number of thioether (sulfide) groups is 1. The van der Waals surface area contributed by atoms with Crippen LogP contribution in [0.1, 0.15) is 31.9 Å². The van der Waals surface area contributed by atoms with Crippen LogP contribution in [0.5, 0.6) is 0 Å². The van der Waals surface area contributed by atoms with Gasteiger partial charge in [-0.2, -0.15) is 0 Å². The lowest BCUT2D eigenvalue weighted by Crippen LogP contribution is -2.31. The lowest BCUT2D eigenvalue weighted by Gasteiger charge is -2.25. The van der Waals surface area contributed by atoms with Crippen molar-refractivity contribution in [2.45, 2.75) is 26.3 Å². The number of esters is 1. The molecule has 0 bridgehead atoms. The number of nitrogens with two attached hydrogens (primary N) is 1. The second-order valence-corrected chi connectivity index (χ2v) is 6.28. The maximum atomic E-state index is 12.3. The van der Waals surface area contributed by atoms with E-state index in [9.17, 15) is 9.59 Å². The average Bonchev–Trinajstić information content (AvgIpc) is 2.55. The second-order valence-electron chi connectivity index (χ2n) is 5.20. The van der Waals surface area contributed by atoms with Crippen molar-refractivity contribution < 1.29 is 14.3 Å². The highest BCUT2D eigenvalue weighted by atomic mass is 32.2. The molecule has 1 aromatic rings. The minimum absolute atomic E-state index is 0.273. The molecule has 3 N–H and O–H groups in total. The van der Waals surface area contributed by atoms with Gasteiger partial charge in [-0.1, -0.05) is 42.1 Å². The first kappa shape index (κ1) is 18.1. The van der Waals surface area contributed by atoms with Gasteiger partial charge in [-0.25, -0.2) is 9.79 Å². The summed E-state index contributed by atoms with van der Waals surface area (Å²) >= 11 is 1.41. The van der Waals surface area contributed by atoms with E-state index in [0.29, 0.717) is 28.8 Å². The Bertz CT molecular complexity index is 671. The number of ether oxygens (including phenoxy) is 1. The highest BCUT2D eigenvalue weighted by molar-refractivity contribution is 8.13. The number of hydrogen-bond acceptors (Lipinski definition) is 6. The molecule has 1 aliphatic heterocycles. The van der Waals surface area contributed by atoms with E-state index >= 15 is 0 Å². The Balaban J connectivity index is 2.28. The highest BCUT2D eigenvalue weighted by Crippen LogP contribution is 2.32. The number of rotatable bonds is 6. The molecule has 6 nitrogen and oxygen atoms in total. The number of nitrogens with zero attached hydrogens (tertiary/aromatic N) is 1. The van der Waals surface area contributed by atoms with Gasteiger partial charge in [0.1, 0.15) is 6.04 Å². The average molecular weight is 347 g/mol. The molecule has 0 fully saturated rings. The van der Waals surface area contributed by atoms with Crippen molar-refractivity contribution in [3.63, 3.8) is 0 Å². The fourth-order valence-electron chi connectivity index (χ4n) is 2.32. The van der Waals surface area contributed by atoms with Crippen LogP contribution in [0.3, 0.4) is 0 Å². The quantitative estimate of drug-likeness (QED) is 0.769. The van der Waals surface area contributed by atoms with Gasteiger partial charge in [0.2, 0.25) is 5.91 Å². The molecule has 0 aliphatic carbocycles. The third-order valence-corrected chi connectivity index (χ3v) is 4.31. The zero-order valence-electron chi connectivity index (χ0n) is 13.7. The number of benzene rings is 1. The van der Waals surface area contributed by atoms with Crippen LogP contribution in [-0.2, 0) is 14.3 Å². The van der Waals surface area contributed by atoms with Gasteiger partial charge < -0.3 is 15.8 Å².